The fourth-order valence-corrected chi connectivity index (χ4v) is 5.00. The van der Waals surface area contributed by atoms with Crippen LogP contribution in [-0.2, 0) is 0 Å². The van der Waals surface area contributed by atoms with Crippen LogP contribution in [-0.4, -0.2) is 0 Å². The molecule has 0 radical (unpaired) electrons. The fourth-order valence-electron chi connectivity index (χ4n) is 5.00. The molecule has 3 aliphatic rings. The Bertz CT molecular complexity index is 196. The summed E-state index contributed by atoms with van der Waals surface area (Å²) in [6.45, 7) is 5.15. The Morgan fingerprint density at radius 1 is 0.833 bits per heavy atom. The van der Waals surface area contributed by atoms with Gasteiger partial charge in [0.05, 0.1) is 0 Å². The van der Waals surface area contributed by atoms with Gasteiger partial charge in [0.15, 0.2) is 0 Å². The molecule has 0 N–H and O–H groups in total. The summed E-state index contributed by atoms with van der Waals surface area (Å²) in [5, 5.41) is 0. The third-order valence-electron chi connectivity index (χ3n) is 5.85. The summed E-state index contributed by atoms with van der Waals surface area (Å²) in [6, 6.07) is 0. The fraction of sp³-hybridized carbons (Fsp3) is 1.00. The van der Waals surface area contributed by atoms with Crippen LogP contribution >= 0.6 is 0 Å². The number of hydrogen-bond acceptors (Lipinski definition) is 0. The predicted octanol–water partition coefficient (Wildman–Crippen LogP) is 3.61. The van der Waals surface area contributed by atoms with Gasteiger partial charge in [0.25, 0.3) is 0 Å². The quantitative estimate of drug-likeness (QED) is 0.513. The van der Waals surface area contributed by atoms with Gasteiger partial charge in [-0.2, -0.15) is 0 Å². The Hall–Kier alpha value is 0. The standard InChI is InChI=1S/C12H20/c1-11-7-3-5-9(11)10-6-4-8-12(10,11)2/h9-10H,3-8H2,1-2H3. The minimum absolute atomic E-state index is 0.772. The summed E-state index contributed by atoms with van der Waals surface area (Å²) in [7, 11) is 0. The maximum Gasteiger partial charge on any atom is -0.0238 e. The van der Waals surface area contributed by atoms with E-state index in [4.69, 9.17) is 0 Å². The van der Waals surface area contributed by atoms with Crippen LogP contribution in [0.15, 0.2) is 0 Å². The van der Waals surface area contributed by atoms with Gasteiger partial charge >= 0.3 is 0 Å². The van der Waals surface area contributed by atoms with Crippen LogP contribution in [0.4, 0.5) is 0 Å². The Morgan fingerprint density at radius 3 is 1.67 bits per heavy atom. The normalized spacial score (nSPS) is 62.5. The van der Waals surface area contributed by atoms with Crippen LogP contribution in [0.25, 0.3) is 0 Å². The molecule has 0 aliphatic heterocycles. The molecule has 3 aliphatic carbocycles. The monoisotopic (exact) mass is 164 g/mol. The van der Waals surface area contributed by atoms with Crippen molar-refractivity contribution in [3.8, 4) is 0 Å². The van der Waals surface area contributed by atoms with Crippen molar-refractivity contribution in [3.63, 3.8) is 0 Å². The van der Waals surface area contributed by atoms with Gasteiger partial charge in [-0.15, -0.1) is 0 Å². The third-order valence-corrected chi connectivity index (χ3v) is 5.85. The van der Waals surface area contributed by atoms with Gasteiger partial charge in [-0.1, -0.05) is 26.7 Å². The SMILES string of the molecule is CC12CCCC1C1CCCC12C. The van der Waals surface area contributed by atoms with Gasteiger partial charge in [-0.3, -0.25) is 0 Å². The van der Waals surface area contributed by atoms with E-state index >= 15 is 0 Å². The van der Waals surface area contributed by atoms with E-state index in [1.54, 1.807) is 12.8 Å². The molecule has 0 heteroatoms. The Morgan fingerprint density at radius 2 is 1.25 bits per heavy atom. The van der Waals surface area contributed by atoms with Crippen molar-refractivity contribution in [2.75, 3.05) is 0 Å². The van der Waals surface area contributed by atoms with Gasteiger partial charge < -0.3 is 0 Å². The molecular formula is C12H20. The van der Waals surface area contributed by atoms with Crippen LogP contribution < -0.4 is 0 Å². The molecule has 0 amide bonds. The van der Waals surface area contributed by atoms with E-state index in [2.05, 4.69) is 13.8 Å². The summed E-state index contributed by atoms with van der Waals surface area (Å²) < 4.78 is 0. The highest BCUT2D eigenvalue weighted by Crippen LogP contribution is 2.76. The summed E-state index contributed by atoms with van der Waals surface area (Å²) in [6.07, 6.45) is 9.21. The smallest absolute Gasteiger partial charge is 0.0238 e. The highest BCUT2D eigenvalue weighted by Gasteiger charge is 2.68. The van der Waals surface area contributed by atoms with Crippen molar-refractivity contribution in [1.82, 2.24) is 0 Å². The summed E-state index contributed by atoms with van der Waals surface area (Å²) in [4.78, 5) is 0. The molecule has 0 aromatic carbocycles. The molecule has 4 atom stereocenters. The largest absolute Gasteiger partial charge is 0.0588 e. The minimum Gasteiger partial charge on any atom is -0.0588 e. The van der Waals surface area contributed by atoms with Gasteiger partial charge in [0, 0.05) is 0 Å². The van der Waals surface area contributed by atoms with Crippen LogP contribution in [0.5, 0.6) is 0 Å². The second kappa shape index (κ2) is 1.91. The molecule has 0 saturated heterocycles. The van der Waals surface area contributed by atoms with E-state index in [1.165, 1.54) is 25.7 Å². The first-order valence-corrected chi connectivity index (χ1v) is 5.68. The average Bonchev–Trinajstić information content (AvgIpc) is 2.54. The van der Waals surface area contributed by atoms with E-state index < -0.39 is 0 Å². The van der Waals surface area contributed by atoms with Crippen molar-refractivity contribution < 1.29 is 0 Å². The zero-order valence-corrected chi connectivity index (χ0v) is 8.40. The maximum atomic E-state index is 2.58. The minimum atomic E-state index is 0.772. The first-order valence-electron chi connectivity index (χ1n) is 5.68. The van der Waals surface area contributed by atoms with Gasteiger partial charge in [-0.25, -0.2) is 0 Å². The van der Waals surface area contributed by atoms with Crippen molar-refractivity contribution in [2.45, 2.75) is 52.4 Å². The lowest BCUT2D eigenvalue weighted by atomic mass is 9.42. The molecule has 3 saturated carbocycles. The van der Waals surface area contributed by atoms with E-state index in [-0.39, 0.29) is 0 Å². The molecule has 0 spiro atoms. The van der Waals surface area contributed by atoms with Crippen molar-refractivity contribution in [2.24, 2.45) is 22.7 Å². The molecular weight excluding hydrogens is 144 g/mol. The Balaban J connectivity index is 2.00. The third kappa shape index (κ3) is 0.533. The lowest BCUT2D eigenvalue weighted by Gasteiger charge is -2.63. The topological polar surface area (TPSA) is 0 Å². The van der Waals surface area contributed by atoms with Gasteiger partial charge in [0.1, 0.15) is 0 Å². The molecule has 0 heterocycles. The lowest BCUT2D eigenvalue weighted by molar-refractivity contribution is -0.150. The first-order chi connectivity index (χ1) is 5.68. The molecule has 12 heavy (non-hydrogen) atoms. The second-order valence-electron chi connectivity index (χ2n) is 5.83. The van der Waals surface area contributed by atoms with Crippen molar-refractivity contribution >= 4 is 0 Å². The second-order valence-corrected chi connectivity index (χ2v) is 5.83. The molecule has 68 valence electrons. The highest BCUT2D eigenvalue weighted by molar-refractivity contribution is 5.17. The van der Waals surface area contributed by atoms with E-state index in [9.17, 15) is 0 Å². The molecule has 0 aromatic heterocycles. The van der Waals surface area contributed by atoms with E-state index in [0.29, 0.717) is 0 Å². The summed E-state index contributed by atoms with van der Waals surface area (Å²) >= 11 is 0. The molecule has 0 aromatic rings. The van der Waals surface area contributed by atoms with Crippen molar-refractivity contribution in [3.05, 3.63) is 0 Å². The summed E-state index contributed by atoms with van der Waals surface area (Å²) in [5.41, 5.74) is 1.54. The number of hydrogen-bond donors (Lipinski definition) is 0. The van der Waals surface area contributed by atoms with Crippen LogP contribution in [0.2, 0.25) is 0 Å². The van der Waals surface area contributed by atoms with Gasteiger partial charge in [-0.05, 0) is 48.3 Å². The predicted molar refractivity (Wildman–Crippen MR) is 50.9 cm³/mol. The van der Waals surface area contributed by atoms with E-state index in [1.807, 2.05) is 0 Å². The van der Waals surface area contributed by atoms with E-state index in [0.717, 1.165) is 22.7 Å². The molecule has 3 rings (SSSR count). The van der Waals surface area contributed by atoms with Crippen LogP contribution in [0.1, 0.15) is 52.4 Å². The number of fused-ring (bicyclic) bond motifs is 4. The summed E-state index contributed by atoms with van der Waals surface area (Å²) in [5.74, 6) is 2.26. The van der Waals surface area contributed by atoms with Crippen LogP contribution in [0, 0.1) is 22.7 Å². The lowest BCUT2D eigenvalue weighted by Crippen LogP contribution is -2.57. The van der Waals surface area contributed by atoms with Gasteiger partial charge in [0.2, 0.25) is 0 Å². The molecule has 3 fully saturated rings. The Kier molecular flexibility index (Phi) is 1.18. The average molecular weight is 164 g/mol. The number of rotatable bonds is 0. The van der Waals surface area contributed by atoms with Crippen molar-refractivity contribution in [1.29, 1.82) is 0 Å². The Labute approximate surface area is 75.7 Å². The van der Waals surface area contributed by atoms with Crippen LogP contribution in [0.3, 0.4) is 0 Å². The zero-order valence-electron chi connectivity index (χ0n) is 8.40. The zero-order chi connectivity index (χ0) is 8.40. The molecule has 0 bridgehead atoms. The highest BCUT2D eigenvalue weighted by atomic mass is 14.7. The molecule has 4 unspecified atom stereocenters. The first kappa shape index (κ1) is 7.41. The maximum absolute atomic E-state index is 2.58. The molecule has 0 nitrogen and oxygen atoms in total.